The maximum Gasteiger partial charge on any atom is 0.327 e. The number of nitrogens with zero attached hydrogens (tertiary/aromatic N) is 8. The van der Waals surface area contributed by atoms with Crippen molar-refractivity contribution in [2.75, 3.05) is 13.2 Å². The lowest BCUT2D eigenvalue weighted by atomic mass is 9.50. The Kier molecular flexibility index (Phi) is 12.5. The van der Waals surface area contributed by atoms with Crippen molar-refractivity contribution in [2.45, 2.75) is 27.7 Å². The normalized spacial score (nSPS) is 12.3. The summed E-state index contributed by atoms with van der Waals surface area (Å²) in [6.07, 6.45) is 3.37. The van der Waals surface area contributed by atoms with E-state index in [1.165, 1.54) is 0 Å². The molecule has 11 heteroatoms. The molecule has 340 valence electrons. The van der Waals surface area contributed by atoms with Gasteiger partial charge in [-0.15, -0.1) is 0 Å². The van der Waals surface area contributed by atoms with Crippen LogP contribution in [0.5, 0.6) is 11.5 Å². The molecule has 4 heterocycles. The van der Waals surface area contributed by atoms with Crippen molar-refractivity contribution < 1.29 is 9.47 Å². The van der Waals surface area contributed by atoms with Crippen molar-refractivity contribution in [1.29, 1.82) is 5.26 Å². The van der Waals surface area contributed by atoms with Gasteiger partial charge in [0.15, 0.2) is 0 Å². The summed E-state index contributed by atoms with van der Waals surface area (Å²) in [5.41, 5.74) is 9.45. The molecule has 0 aliphatic rings. The highest BCUT2D eigenvalue weighted by Crippen LogP contribution is 2.37. The van der Waals surface area contributed by atoms with Crippen molar-refractivity contribution >= 4 is 61.9 Å². The lowest BCUT2D eigenvalue weighted by Crippen LogP contribution is -2.53. The predicted molar refractivity (Wildman–Crippen MR) is 281 cm³/mol. The molecule has 0 aliphatic heterocycles. The van der Waals surface area contributed by atoms with Crippen LogP contribution < -0.4 is 31.1 Å². The molecule has 0 saturated carbocycles. The van der Waals surface area contributed by atoms with Crippen LogP contribution >= 0.6 is 0 Å². The van der Waals surface area contributed by atoms with Crippen molar-refractivity contribution in [3.63, 3.8) is 0 Å². The average Bonchev–Trinajstić information content (AvgIpc) is 3.86. The minimum atomic E-state index is -0.495. The molecule has 10 nitrogen and oxygen atoms in total. The topological polar surface area (TPSA) is 108 Å². The van der Waals surface area contributed by atoms with Crippen molar-refractivity contribution in [3.8, 4) is 40.1 Å². The van der Waals surface area contributed by atoms with E-state index in [2.05, 4.69) is 96.2 Å². The molecule has 0 atom stereocenters. The number of hydrogen-bond donors (Lipinski definition) is 0. The van der Waals surface area contributed by atoms with Crippen molar-refractivity contribution in [2.24, 2.45) is 18.9 Å². The number of aromatic nitrogens is 6. The first-order chi connectivity index (χ1) is 34.2. The zero-order valence-electron chi connectivity index (χ0n) is 39.7. The molecule has 0 saturated heterocycles. The van der Waals surface area contributed by atoms with Gasteiger partial charge in [0.1, 0.15) is 28.8 Å². The summed E-state index contributed by atoms with van der Waals surface area (Å²) in [6.45, 7) is 18.4. The van der Waals surface area contributed by atoms with E-state index in [9.17, 15) is 11.8 Å². The lowest BCUT2D eigenvalue weighted by molar-refractivity contribution is 0.271. The molecule has 4 aromatic heterocycles. The second-order valence-electron chi connectivity index (χ2n) is 18.2. The van der Waals surface area contributed by atoms with Gasteiger partial charge in [0.2, 0.25) is 5.70 Å². The van der Waals surface area contributed by atoms with Gasteiger partial charge >= 0.3 is 6.85 Å². The Hall–Kier alpha value is -8.80. The summed E-state index contributed by atoms with van der Waals surface area (Å²) in [6, 6.07) is 54.9. The van der Waals surface area contributed by atoms with Gasteiger partial charge in [0.25, 0.3) is 0 Å². The van der Waals surface area contributed by atoms with Crippen LogP contribution in [0.2, 0.25) is 0 Å². The maximum atomic E-state index is 11.6. The van der Waals surface area contributed by atoms with E-state index in [0.29, 0.717) is 69.4 Å². The molecule has 6 aromatic carbocycles. The smallest absolute Gasteiger partial charge is 0.327 e. The molecule has 70 heavy (non-hydrogen) atoms. The second-order valence-corrected chi connectivity index (χ2v) is 18.2. The first kappa shape index (κ1) is 45.0. The average molecular weight is 913 g/mol. The molecule has 0 amide bonds. The van der Waals surface area contributed by atoms with Gasteiger partial charge in [0.05, 0.1) is 64.8 Å². The number of ether oxygens (including phenoxy) is 2. The zero-order valence-corrected chi connectivity index (χ0v) is 39.7. The van der Waals surface area contributed by atoms with E-state index in [1.807, 2.05) is 116 Å². The summed E-state index contributed by atoms with van der Waals surface area (Å²) in [5.74, 6) is 2.15. The van der Waals surface area contributed by atoms with Crippen LogP contribution in [0.1, 0.15) is 39.1 Å². The highest BCUT2D eigenvalue weighted by molar-refractivity contribution is 6.84. The SMILES string of the molecule is [C-]#[N+]/C(c1cnc2ccccc2n1)=c1\c2c(-c3ccc(OCC(C)C)cc3)n(C)/c(=C(/C#N)c3cnc4ccccc4n3)c2c(-c2ccc(OCC(C)C)cc2)n1B(c1ccccc1)c1ccccc1. The Morgan fingerprint density at radius 2 is 1.03 bits per heavy atom. The van der Waals surface area contributed by atoms with Gasteiger partial charge in [-0.3, -0.25) is 15.0 Å². The van der Waals surface area contributed by atoms with E-state index in [-0.39, 0.29) is 0 Å². The molecule has 0 bridgehead atoms. The summed E-state index contributed by atoms with van der Waals surface area (Å²) < 4.78 is 16.8. The molecule has 0 unspecified atom stereocenters. The number of hydrogen-bond acceptors (Lipinski definition) is 7. The van der Waals surface area contributed by atoms with Gasteiger partial charge in [-0.25, -0.2) is 9.83 Å². The summed E-state index contributed by atoms with van der Waals surface area (Å²) in [7, 11) is 1.99. The third-order valence-electron chi connectivity index (χ3n) is 12.3. The molecule has 10 rings (SSSR count). The maximum absolute atomic E-state index is 11.6. The van der Waals surface area contributed by atoms with Crippen molar-refractivity contribution in [1.82, 2.24) is 29.0 Å². The fourth-order valence-electron chi connectivity index (χ4n) is 9.22. The van der Waals surface area contributed by atoms with Gasteiger partial charge in [-0.1, -0.05) is 124 Å². The number of fused-ring (bicyclic) bond motifs is 3. The number of nitriles is 1. The minimum Gasteiger partial charge on any atom is -0.493 e. The van der Waals surface area contributed by atoms with Crippen LogP contribution in [0.15, 0.2) is 170 Å². The molecular weight excluding hydrogens is 864 g/mol. The van der Waals surface area contributed by atoms with Crippen molar-refractivity contribution in [3.05, 3.63) is 204 Å². The Bertz CT molecular complexity index is 3720. The predicted octanol–water partition coefficient (Wildman–Crippen LogP) is 9.72. The third-order valence-corrected chi connectivity index (χ3v) is 12.3. The van der Waals surface area contributed by atoms with Crippen LogP contribution in [-0.2, 0) is 7.05 Å². The van der Waals surface area contributed by atoms with Gasteiger partial charge in [-0.2, -0.15) is 5.26 Å². The van der Waals surface area contributed by atoms with E-state index in [4.69, 9.17) is 29.4 Å². The van der Waals surface area contributed by atoms with Gasteiger partial charge < -0.3 is 18.5 Å². The van der Waals surface area contributed by atoms with E-state index >= 15 is 0 Å². The number of rotatable bonds is 13. The largest absolute Gasteiger partial charge is 0.493 e. The summed E-state index contributed by atoms with van der Waals surface area (Å²) in [5, 5.41) is 14.3. The van der Waals surface area contributed by atoms with Gasteiger partial charge in [-0.05, 0) is 95.8 Å². The third kappa shape index (κ3) is 8.55. The standard InChI is InChI=1S/C59H49BN8O2/c1-38(2)36-69-44-29-25-40(26-30-44)56-53-54(58(67(56)6)46(33-61)51-34-63-47-21-13-15-23-49(47)65-51)57(41-27-31-45(32-28-41)70-37-39(3)4)68(60(42-17-9-7-10-18-42)43-19-11-8-12-20-43)59(53)55(62-5)52-35-64-48-22-14-16-24-50(48)66-52/h7-32,34-35,38-39H,36-37H2,1-4,6H3/b58-46-,59-55+. The molecular formula is C59H49BN8O2. The Morgan fingerprint density at radius 1 is 0.586 bits per heavy atom. The first-order valence-electron chi connectivity index (χ1n) is 23.5. The molecule has 0 spiro atoms. The number of para-hydroxylation sites is 4. The Balaban J connectivity index is 1.47. The van der Waals surface area contributed by atoms with E-state index in [0.717, 1.165) is 66.7 Å². The monoisotopic (exact) mass is 912 g/mol. The second kappa shape index (κ2) is 19.4. The first-order valence-corrected chi connectivity index (χ1v) is 23.5. The fourth-order valence-corrected chi connectivity index (χ4v) is 9.22. The van der Waals surface area contributed by atoms with E-state index in [1.54, 1.807) is 12.4 Å². The summed E-state index contributed by atoms with van der Waals surface area (Å²) in [4.78, 5) is 24.4. The number of benzene rings is 6. The zero-order chi connectivity index (χ0) is 48.3. The Morgan fingerprint density at radius 3 is 1.51 bits per heavy atom. The highest BCUT2D eigenvalue weighted by atomic mass is 16.5. The molecule has 0 radical (unpaired) electrons. The molecule has 0 N–H and O–H groups in total. The fraction of sp³-hybridized carbons (Fsp3) is 0.153. The van der Waals surface area contributed by atoms with Crippen LogP contribution in [0.4, 0.5) is 0 Å². The Labute approximate surface area is 407 Å². The molecule has 0 fully saturated rings. The molecule has 0 aliphatic carbocycles. The highest BCUT2D eigenvalue weighted by Gasteiger charge is 2.34. The van der Waals surface area contributed by atoms with Crippen LogP contribution in [-0.4, -0.2) is 49.0 Å². The summed E-state index contributed by atoms with van der Waals surface area (Å²) >= 11 is 0. The minimum absolute atomic E-state index is 0.294. The van der Waals surface area contributed by atoms with Crippen LogP contribution in [0.3, 0.4) is 0 Å². The van der Waals surface area contributed by atoms with E-state index < -0.39 is 6.85 Å². The molecule has 10 aromatic rings. The van der Waals surface area contributed by atoms with Gasteiger partial charge in [0, 0.05) is 35.1 Å². The lowest BCUT2D eigenvalue weighted by Gasteiger charge is -2.22. The quantitative estimate of drug-likeness (QED) is 0.0838. The van der Waals surface area contributed by atoms with Crippen LogP contribution in [0, 0.1) is 29.7 Å². The van der Waals surface area contributed by atoms with Crippen LogP contribution in [0.25, 0.3) is 71.5 Å².